The minimum Gasteiger partial charge on any atom is -0.489 e. The van der Waals surface area contributed by atoms with Gasteiger partial charge in [0.25, 0.3) is 0 Å². The third-order valence-electron chi connectivity index (χ3n) is 2.88. The third kappa shape index (κ3) is 3.27. The molecule has 0 aliphatic rings. The summed E-state index contributed by atoms with van der Waals surface area (Å²) in [6, 6.07) is 16.0. The summed E-state index contributed by atoms with van der Waals surface area (Å²) >= 11 is 6.09. The first kappa shape index (κ1) is 13.0. The van der Waals surface area contributed by atoms with Crippen LogP contribution in [0.5, 0.6) is 5.75 Å². The van der Waals surface area contributed by atoms with Crippen molar-refractivity contribution in [3.63, 3.8) is 0 Å². The average molecular weight is 261 g/mol. The van der Waals surface area contributed by atoms with Gasteiger partial charge in [0, 0.05) is 10.6 Å². The Morgan fingerprint density at radius 3 is 2.56 bits per heavy atom. The highest BCUT2D eigenvalue weighted by Gasteiger charge is 2.03. The lowest BCUT2D eigenvalue weighted by Gasteiger charge is -2.10. The first-order valence-electron chi connectivity index (χ1n) is 6.13. The van der Waals surface area contributed by atoms with Gasteiger partial charge < -0.3 is 4.74 Å². The molecule has 2 aromatic rings. The van der Waals surface area contributed by atoms with Gasteiger partial charge in [-0.3, -0.25) is 0 Å². The quantitative estimate of drug-likeness (QED) is 0.748. The summed E-state index contributed by atoms with van der Waals surface area (Å²) in [5, 5.41) is 0.748. The van der Waals surface area contributed by atoms with E-state index in [-0.39, 0.29) is 0 Å². The van der Waals surface area contributed by atoms with Crippen molar-refractivity contribution in [1.29, 1.82) is 0 Å². The topological polar surface area (TPSA) is 9.23 Å². The molecule has 0 N–H and O–H groups in total. The van der Waals surface area contributed by atoms with E-state index in [2.05, 4.69) is 26.0 Å². The van der Waals surface area contributed by atoms with Gasteiger partial charge in [0.05, 0.1) is 0 Å². The van der Waals surface area contributed by atoms with E-state index in [0.717, 1.165) is 16.3 Å². The molecule has 0 heterocycles. The van der Waals surface area contributed by atoms with Crippen LogP contribution in [0.15, 0.2) is 48.5 Å². The molecule has 0 saturated carbocycles. The van der Waals surface area contributed by atoms with Gasteiger partial charge in [-0.2, -0.15) is 0 Å². The first-order chi connectivity index (χ1) is 8.66. The van der Waals surface area contributed by atoms with Gasteiger partial charge in [0.15, 0.2) is 0 Å². The van der Waals surface area contributed by atoms with E-state index in [9.17, 15) is 0 Å². The first-order valence-corrected chi connectivity index (χ1v) is 6.51. The molecule has 2 heteroatoms. The minimum absolute atomic E-state index is 0.501. The Labute approximate surface area is 113 Å². The van der Waals surface area contributed by atoms with Crippen LogP contribution in [0.3, 0.4) is 0 Å². The standard InChI is InChI=1S/C16H17ClO/c1-12(2)13-7-5-8-15(10-13)18-11-14-6-3-4-9-16(14)17/h3-10,12H,11H2,1-2H3. The molecule has 2 aromatic carbocycles. The van der Waals surface area contributed by atoms with Crippen LogP contribution in [-0.2, 0) is 6.61 Å². The van der Waals surface area contributed by atoms with Crippen molar-refractivity contribution < 1.29 is 4.74 Å². The maximum atomic E-state index is 6.09. The van der Waals surface area contributed by atoms with Gasteiger partial charge in [-0.1, -0.05) is 55.8 Å². The van der Waals surface area contributed by atoms with Crippen molar-refractivity contribution in [2.24, 2.45) is 0 Å². The molecule has 18 heavy (non-hydrogen) atoms. The fourth-order valence-corrected chi connectivity index (χ4v) is 1.93. The lowest BCUT2D eigenvalue weighted by Crippen LogP contribution is -1.97. The van der Waals surface area contributed by atoms with Crippen molar-refractivity contribution >= 4 is 11.6 Å². The van der Waals surface area contributed by atoms with Gasteiger partial charge >= 0.3 is 0 Å². The van der Waals surface area contributed by atoms with Gasteiger partial charge in [0.1, 0.15) is 12.4 Å². The molecule has 0 amide bonds. The Hall–Kier alpha value is -1.47. The number of hydrogen-bond acceptors (Lipinski definition) is 1. The number of halogens is 1. The van der Waals surface area contributed by atoms with Crippen molar-refractivity contribution in [1.82, 2.24) is 0 Å². The normalized spacial score (nSPS) is 10.7. The predicted molar refractivity (Wildman–Crippen MR) is 76.3 cm³/mol. The van der Waals surface area contributed by atoms with Gasteiger partial charge in [-0.15, -0.1) is 0 Å². The molecular weight excluding hydrogens is 244 g/mol. The maximum absolute atomic E-state index is 6.09. The Balaban J connectivity index is 2.07. The third-order valence-corrected chi connectivity index (χ3v) is 3.25. The summed E-state index contributed by atoms with van der Waals surface area (Å²) in [7, 11) is 0. The van der Waals surface area contributed by atoms with Crippen molar-refractivity contribution in [2.45, 2.75) is 26.4 Å². The zero-order valence-corrected chi connectivity index (χ0v) is 11.4. The maximum Gasteiger partial charge on any atom is 0.120 e. The molecule has 0 spiro atoms. The fraction of sp³-hybridized carbons (Fsp3) is 0.250. The zero-order chi connectivity index (χ0) is 13.0. The largest absolute Gasteiger partial charge is 0.489 e. The number of benzene rings is 2. The summed E-state index contributed by atoms with van der Waals surface area (Å²) in [6.07, 6.45) is 0. The molecule has 2 rings (SSSR count). The van der Waals surface area contributed by atoms with Crippen molar-refractivity contribution in [2.75, 3.05) is 0 Å². The molecule has 0 aromatic heterocycles. The van der Waals surface area contributed by atoms with Crippen LogP contribution < -0.4 is 4.74 Å². The van der Waals surface area contributed by atoms with Gasteiger partial charge in [0.2, 0.25) is 0 Å². The van der Waals surface area contributed by atoms with Crippen LogP contribution in [0.2, 0.25) is 5.02 Å². The Bertz CT molecular complexity index is 520. The zero-order valence-electron chi connectivity index (χ0n) is 10.7. The monoisotopic (exact) mass is 260 g/mol. The lowest BCUT2D eigenvalue weighted by atomic mass is 10.0. The van der Waals surface area contributed by atoms with Crippen LogP contribution in [0.1, 0.15) is 30.9 Å². The second-order valence-electron chi connectivity index (χ2n) is 4.61. The predicted octanol–water partition coefficient (Wildman–Crippen LogP) is 5.04. The fourth-order valence-electron chi connectivity index (χ4n) is 1.74. The molecule has 0 aliphatic carbocycles. The second kappa shape index (κ2) is 5.92. The summed E-state index contributed by atoms with van der Waals surface area (Å²) in [4.78, 5) is 0. The van der Waals surface area contributed by atoms with Crippen molar-refractivity contribution in [3.05, 3.63) is 64.7 Å². The van der Waals surface area contributed by atoms with Crippen LogP contribution in [0.25, 0.3) is 0 Å². The summed E-state index contributed by atoms with van der Waals surface area (Å²) in [5.74, 6) is 1.40. The molecule has 1 nitrogen and oxygen atoms in total. The Morgan fingerprint density at radius 2 is 1.83 bits per heavy atom. The molecule has 94 valence electrons. The lowest BCUT2D eigenvalue weighted by molar-refractivity contribution is 0.306. The van der Waals surface area contributed by atoms with E-state index < -0.39 is 0 Å². The highest BCUT2D eigenvalue weighted by molar-refractivity contribution is 6.31. The summed E-state index contributed by atoms with van der Waals surface area (Å²) < 4.78 is 5.78. The molecule has 0 saturated heterocycles. The SMILES string of the molecule is CC(C)c1cccc(OCc2ccccc2Cl)c1. The Morgan fingerprint density at radius 1 is 1.06 bits per heavy atom. The number of ether oxygens (including phenoxy) is 1. The molecule has 0 unspecified atom stereocenters. The van der Waals surface area contributed by atoms with Crippen LogP contribution in [0.4, 0.5) is 0 Å². The summed E-state index contributed by atoms with van der Waals surface area (Å²) in [6.45, 7) is 4.85. The highest BCUT2D eigenvalue weighted by Crippen LogP contribution is 2.22. The Kier molecular flexibility index (Phi) is 4.27. The van der Waals surface area contributed by atoms with E-state index in [4.69, 9.17) is 16.3 Å². The van der Waals surface area contributed by atoms with Gasteiger partial charge in [-0.05, 0) is 29.7 Å². The molecule has 0 atom stereocenters. The van der Waals surface area contributed by atoms with Crippen LogP contribution >= 0.6 is 11.6 Å². The van der Waals surface area contributed by atoms with E-state index in [0.29, 0.717) is 12.5 Å². The summed E-state index contributed by atoms with van der Waals surface area (Å²) in [5.41, 5.74) is 2.29. The second-order valence-corrected chi connectivity index (χ2v) is 5.01. The number of rotatable bonds is 4. The molecule has 0 radical (unpaired) electrons. The van der Waals surface area contributed by atoms with E-state index in [1.807, 2.05) is 36.4 Å². The van der Waals surface area contributed by atoms with Crippen LogP contribution in [-0.4, -0.2) is 0 Å². The van der Waals surface area contributed by atoms with E-state index in [1.165, 1.54) is 5.56 Å². The average Bonchev–Trinajstić information content (AvgIpc) is 2.38. The van der Waals surface area contributed by atoms with Crippen LogP contribution in [0, 0.1) is 0 Å². The molecular formula is C16H17ClO. The molecule has 0 bridgehead atoms. The molecule has 0 fully saturated rings. The van der Waals surface area contributed by atoms with E-state index >= 15 is 0 Å². The van der Waals surface area contributed by atoms with E-state index in [1.54, 1.807) is 0 Å². The minimum atomic E-state index is 0.501. The highest BCUT2D eigenvalue weighted by atomic mass is 35.5. The van der Waals surface area contributed by atoms with Crippen molar-refractivity contribution in [3.8, 4) is 5.75 Å². The molecule has 0 aliphatic heterocycles. The number of hydrogen-bond donors (Lipinski definition) is 0. The van der Waals surface area contributed by atoms with Gasteiger partial charge in [-0.25, -0.2) is 0 Å². The smallest absolute Gasteiger partial charge is 0.120 e.